The predicted molar refractivity (Wildman–Crippen MR) is 83.0 cm³/mol. The molecular weight excluding hydrogens is 302 g/mol. The number of nitrogens with zero attached hydrogens (tertiary/aromatic N) is 3. The second-order valence-corrected chi connectivity index (χ2v) is 8.07. The minimum Gasteiger partial charge on any atom is -0.334 e. The molecule has 0 aromatic carbocycles. The van der Waals surface area contributed by atoms with Gasteiger partial charge in [0.2, 0.25) is 10.0 Å². The van der Waals surface area contributed by atoms with Crippen LogP contribution in [-0.4, -0.2) is 60.4 Å². The first kappa shape index (κ1) is 15.4. The summed E-state index contributed by atoms with van der Waals surface area (Å²) in [6.07, 6.45) is 4.56. The molecule has 3 rings (SSSR count). The molecule has 0 radical (unpaired) electrons. The van der Waals surface area contributed by atoms with E-state index in [-0.39, 0.29) is 17.9 Å². The Labute approximate surface area is 131 Å². The van der Waals surface area contributed by atoms with Crippen molar-refractivity contribution in [1.29, 1.82) is 0 Å². The van der Waals surface area contributed by atoms with Gasteiger partial charge in [-0.05, 0) is 30.9 Å². The van der Waals surface area contributed by atoms with Gasteiger partial charge in [-0.3, -0.25) is 9.78 Å². The number of likely N-dealkylation sites (tertiary alicyclic amines) is 1. The van der Waals surface area contributed by atoms with Crippen molar-refractivity contribution < 1.29 is 13.2 Å². The van der Waals surface area contributed by atoms with Gasteiger partial charge in [0.05, 0.1) is 11.8 Å². The summed E-state index contributed by atoms with van der Waals surface area (Å²) < 4.78 is 24.9. The second-order valence-electron chi connectivity index (χ2n) is 6.09. The number of aryl methyl sites for hydroxylation is 1. The number of sulfonamides is 1. The van der Waals surface area contributed by atoms with Crippen molar-refractivity contribution in [1.82, 2.24) is 14.2 Å². The molecule has 6 nitrogen and oxygen atoms in total. The molecule has 0 N–H and O–H groups in total. The Bertz CT molecular complexity index is 672. The van der Waals surface area contributed by atoms with Crippen LogP contribution in [0.3, 0.4) is 0 Å². The first-order valence-corrected chi connectivity index (χ1v) is 9.46. The Balaban J connectivity index is 1.76. The Kier molecular flexibility index (Phi) is 3.94. The zero-order valence-electron chi connectivity index (χ0n) is 12.9. The van der Waals surface area contributed by atoms with Gasteiger partial charge in [-0.2, -0.15) is 4.31 Å². The van der Waals surface area contributed by atoms with Crippen LogP contribution >= 0.6 is 0 Å². The van der Waals surface area contributed by atoms with Crippen LogP contribution in [0, 0.1) is 5.92 Å². The number of rotatable bonds is 3. The van der Waals surface area contributed by atoms with E-state index >= 15 is 0 Å². The molecule has 2 saturated heterocycles. The molecule has 7 heteroatoms. The number of aromatic nitrogens is 1. The maximum atomic E-state index is 12.7. The van der Waals surface area contributed by atoms with E-state index < -0.39 is 10.0 Å². The smallest absolute Gasteiger partial charge is 0.255 e. The SMILES string of the molecule is CCc1ccc(C(=O)N2CC[C@H]3CN(S(C)(=O)=O)C[C@H]32)cn1. The van der Waals surface area contributed by atoms with Crippen LogP contribution in [0.5, 0.6) is 0 Å². The molecule has 2 aliphatic heterocycles. The van der Waals surface area contributed by atoms with Crippen molar-refractivity contribution in [2.24, 2.45) is 5.92 Å². The molecule has 0 bridgehead atoms. The van der Waals surface area contributed by atoms with Gasteiger partial charge in [0.25, 0.3) is 5.91 Å². The summed E-state index contributed by atoms with van der Waals surface area (Å²) in [6.45, 7) is 3.66. The minimum atomic E-state index is -3.18. The summed E-state index contributed by atoms with van der Waals surface area (Å²) in [7, 11) is -3.18. The van der Waals surface area contributed by atoms with Gasteiger partial charge in [-0.1, -0.05) is 6.92 Å². The maximum absolute atomic E-state index is 12.7. The lowest BCUT2D eigenvalue weighted by Gasteiger charge is -2.24. The molecule has 2 fully saturated rings. The van der Waals surface area contributed by atoms with E-state index in [0.717, 1.165) is 18.5 Å². The van der Waals surface area contributed by atoms with Crippen molar-refractivity contribution in [2.75, 3.05) is 25.9 Å². The molecule has 120 valence electrons. The lowest BCUT2D eigenvalue weighted by molar-refractivity contribution is 0.0732. The summed E-state index contributed by atoms with van der Waals surface area (Å²) in [5.74, 6) is 0.208. The van der Waals surface area contributed by atoms with E-state index in [1.54, 1.807) is 6.20 Å². The topological polar surface area (TPSA) is 70.6 Å². The fourth-order valence-electron chi connectivity index (χ4n) is 3.37. The average molecular weight is 323 g/mol. The molecule has 2 aliphatic rings. The zero-order chi connectivity index (χ0) is 15.9. The van der Waals surface area contributed by atoms with E-state index in [4.69, 9.17) is 0 Å². The Morgan fingerprint density at radius 3 is 2.73 bits per heavy atom. The highest BCUT2D eigenvalue weighted by Crippen LogP contribution is 2.33. The molecule has 1 amide bonds. The number of fused-ring (bicyclic) bond motifs is 1. The van der Waals surface area contributed by atoms with Crippen LogP contribution in [0.1, 0.15) is 29.4 Å². The van der Waals surface area contributed by atoms with Gasteiger partial charge in [0.1, 0.15) is 0 Å². The predicted octanol–water partition coefficient (Wildman–Crippen LogP) is 0.750. The Hall–Kier alpha value is -1.47. The molecule has 1 aromatic rings. The molecule has 3 heterocycles. The van der Waals surface area contributed by atoms with E-state index in [1.165, 1.54) is 10.6 Å². The molecule has 1 aromatic heterocycles. The molecule has 2 atom stereocenters. The van der Waals surface area contributed by atoms with Gasteiger partial charge >= 0.3 is 0 Å². The van der Waals surface area contributed by atoms with Gasteiger partial charge in [-0.25, -0.2) is 8.42 Å². The largest absolute Gasteiger partial charge is 0.334 e. The summed E-state index contributed by atoms with van der Waals surface area (Å²) in [5, 5.41) is 0. The standard InChI is InChI=1S/C15H21N3O3S/c1-3-13-5-4-11(8-16-13)15(19)18-7-6-12-9-17(10-14(12)18)22(2,20)21/h4-5,8,12,14H,3,6-7,9-10H2,1-2H3/t12-,14+/m0/s1. The third-order valence-corrected chi connectivity index (χ3v) is 5.91. The minimum absolute atomic E-state index is 0.00641. The summed E-state index contributed by atoms with van der Waals surface area (Å²) in [6, 6.07) is 3.68. The maximum Gasteiger partial charge on any atom is 0.255 e. The van der Waals surface area contributed by atoms with E-state index in [9.17, 15) is 13.2 Å². The quantitative estimate of drug-likeness (QED) is 0.823. The molecule has 0 unspecified atom stereocenters. The first-order valence-electron chi connectivity index (χ1n) is 7.61. The van der Waals surface area contributed by atoms with Crippen molar-refractivity contribution in [3.05, 3.63) is 29.6 Å². The lowest BCUT2D eigenvalue weighted by atomic mass is 10.0. The average Bonchev–Trinajstić information content (AvgIpc) is 3.06. The van der Waals surface area contributed by atoms with E-state index in [0.29, 0.717) is 25.2 Å². The first-order chi connectivity index (χ1) is 10.4. The fraction of sp³-hybridized carbons (Fsp3) is 0.600. The summed E-state index contributed by atoms with van der Waals surface area (Å²) in [5.41, 5.74) is 1.54. The third-order valence-electron chi connectivity index (χ3n) is 4.68. The Morgan fingerprint density at radius 1 is 1.36 bits per heavy atom. The highest BCUT2D eigenvalue weighted by molar-refractivity contribution is 7.88. The highest BCUT2D eigenvalue weighted by Gasteiger charge is 2.45. The van der Waals surface area contributed by atoms with Crippen molar-refractivity contribution >= 4 is 15.9 Å². The molecule has 22 heavy (non-hydrogen) atoms. The van der Waals surface area contributed by atoms with Gasteiger partial charge in [0, 0.05) is 37.6 Å². The van der Waals surface area contributed by atoms with E-state index in [1.807, 2.05) is 24.0 Å². The van der Waals surface area contributed by atoms with Crippen LogP contribution in [0.2, 0.25) is 0 Å². The number of carbonyl (C=O) groups excluding carboxylic acids is 1. The number of amides is 1. The number of pyridine rings is 1. The number of carbonyl (C=O) groups is 1. The molecule has 0 aliphatic carbocycles. The summed E-state index contributed by atoms with van der Waals surface area (Å²) in [4.78, 5) is 18.8. The summed E-state index contributed by atoms with van der Waals surface area (Å²) >= 11 is 0. The highest BCUT2D eigenvalue weighted by atomic mass is 32.2. The van der Waals surface area contributed by atoms with Crippen LogP contribution in [0.25, 0.3) is 0 Å². The zero-order valence-corrected chi connectivity index (χ0v) is 13.7. The van der Waals surface area contributed by atoms with Crippen LogP contribution < -0.4 is 0 Å². The third kappa shape index (κ3) is 2.75. The molecule has 0 saturated carbocycles. The Morgan fingerprint density at radius 2 is 2.14 bits per heavy atom. The van der Waals surface area contributed by atoms with Crippen molar-refractivity contribution in [3.8, 4) is 0 Å². The monoisotopic (exact) mass is 323 g/mol. The van der Waals surface area contributed by atoms with Gasteiger partial charge in [-0.15, -0.1) is 0 Å². The number of hydrogen-bond acceptors (Lipinski definition) is 4. The second kappa shape index (κ2) is 5.62. The van der Waals surface area contributed by atoms with Crippen LogP contribution in [-0.2, 0) is 16.4 Å². The molecule has 0 spiro atoms. The van der Waals surface area contributed by atoms with Gasteiger partial charge in [0.15, 0.2) is 0 Å². The fourth-order valence-corrected chi connectivity index (χ4v) is 4.26. The normalized spacial score (nSPS) is 25.5. The van der Waals surface area contributed by atoms with Crippen molar-refractivity contribution in [2.45, 2.75) is 25.8 Å². The van der Waals surface area contributed by atoms with Crippen molar-refractivity contribution in [3.63, 3.8) is 0 Å². The van der Waals surface area contributed by atoms with Crippen LogP contribution in [0.15, 0.2) is 18.3 Å². The van der Waals surface area contributed by atoms with Crippen LogP contribution in [0.4, 0.5) is 0 Å². The van der Waals surface area contributed by atoms with E-state index in [2.05, 4.69) is 4.98 Å². The lowest BCUT2D eigenvalue weighted by Crippen LogP contribution is -2.40. The van der Waals surface area contributed by atoms with Gasteiger partial charge < -0.3 is 4.90 Å². The number of hydrogen-bond donors (Lipinski definition) is 0. The molecular formula is C15H21N3O3S.